The minimum absolute atomic E-state index is 0.156. The monoisotopic (exact) mass is 486 g/mol. The molecule has 0 bridgehead atoms. The Balaban J connectivity index is 1.42. The van der Waals surface area contributed by atoms with E-state index >= 15 is 0 Å². The molecule has 176 valence electrons. The molecule has 5 rings (SSSR count). The molecule has 7 heteroatoms. The van der Waals surface area contributed by atoms with E-state index in [2.05, 4.69) is 5.10 Å². The number of halogens is 1. The Labute approximate surface area is 207 Å². The summed E-state index contributed by atoms with van der Waals surface area (Å²) in [6.45, 7) is 4.06. The van der Waals surface area contributed by atoms with Gasteiger partial charge in [0.1, 0.15) is 29.4 Å². The van der Waals surface area contributed by atoms with Crippen molar-refractivity contribution in [3.05, 3.63) is 111 Å². The first-order chi connectivity index (χ1) is 17.0. The van der Waals surface area contributed by atoms with Crippen LogP contribution in [-0.2, 0) is 13.0 Å². The molecule has 0 aliphatic carbocycles. The predicted octanol–water partition coefficient (Wildman–Crippen LogP) is 6.87. The first-order valence-electron chi connectivity index (χ1n) is 11.3. The topological polar surface area (TPSA) is 66.5 Å². The Kier molecular flexibility index (Phi) is 6.29. The summed E-state index contributed by atoms with van der Waals surface area (Å²) < 4.78 is 19.8. The van der Waals surface area contributed by atoms with Crippen molar-refractivity contribution in [1.82, 2.24) is 9.78 Å². The summed E-state index contributed by atoms with van der Waals surface area (Å²) in [6.07, 6.45) is 4.41. The number of fused-ring (bicyclic) bond motifs is 1. The zero-order chi connectivity index (χ0) is 24.4. The van der Waals surface area contributed by atoms with Crippen molar-refractivity contribution >= 4 is 22.6 Å². The molecule has 0 amide bonds. The molecule has 0 unspecified atom stereocenters. The van der Waals surface area contributed by atoms with Crippen molar-refractivity contribution in [2.45, 2.75) is 26.9 Å². The van der Waals surface area contributed by atoms with Crippen molar-refractivity contribution < 1.29 is 13.9 Å². The molecule has 0 aliphatic heterocycles. The van der Waals surface area contributed by atoms with E-state index < -0.39 is 0 Å². The van der Waals surface area contributed by atoms with Crippen LogP contribution in [0.15, 0.2) is 88.3 Å². The second-order valence-electron chi connectivity index (χ2n) is 8.10. The van der Waals surface area contributed by atoms with Crippen molar-refractivity contribution in [2.75, 3.05) is 0 Å². The van der Waals surface area contributed by atoms with Gasteiger partial charge in [0.15, 0.2) is 0 Å². The lowest BCUT2D eigenvalue weighted by Gasteiger charge is -2.13. The minimum Gasteiger partial charge on any atom is -0.488 e. The van der Waals surface area contributed by atoms with Crippen LogP contribution in [0, 0.1) is 6.92 Å². The maximum absolute atomic E-state index is 13.3. The molecule has 0 spiro atoms. The van der Waals surface area contributed by atoms with E-state index in [1.165, 1.54) is 0 Å². The van der Waals surface area contributed by atoms with Crippen molar-refractivity contribution in [3.63, 3.8) is 0 Å². The molecule has 35 heavy (non-hydrogen) atoms. The molecule has 3 aromatic carbocycles. The number of benzene rings is 3. The highest BCUT2D eigenvalue weighted by Crippen LogP contribution is 2.31. The Morgan fingerprint density at radius 1 is 1.06 bits per heavy atom. The van der Waals surface area contributed by atoms with Gasteiger partial charge in [0.25, 0.3) is 0 Å². The second kappa shape index (κ2) is 9.68. The second-order valence-corrected chi connectivity index (χ2v) is 8.54. The lowest BCUT2D eigenvalue weighted by molar-refractivity contribution is 0.303. The van der Waals surface area contributed by atoms with Crippen LogP contribution >= 0.6 is 11.6 Å². The SMILES string of the molecule is CCc1cc2c(=O)c(Oc3ccc(Cl)cc3)c(C)oc2cc1OCc1cnn(-c2ccccc2)c1. The van der Waals surface area contributed by atoms with E-state index in [-0.39, 0.29) is 11.2 Å². The number of aryl methyl sites for hydroxylation is 2. The van der Waals surface area contributed by atoms with Crippen LogP contribution in [0.5, 0.6) is 17.2 Å². The first kappa shape index (κ1) is 22.7. The maximum atomic E-state index is 13.3. The Hall–Kier alpha value is -4.03. The number of ether oxygens (including phenoxy) is 2. The smallest absolute Gasteiger partial charge is 0.235 e. The predicted molar refractivity (Wildman–Crippen MR) is 136 cm³/mol. The van der Waals surface area contributed by atoms with Crippen molar-refractivity contribution in [1.29, 1.82) is 0 Å². The van der Waals surface area contributed by atoms with Crippen LogP contribution in [0.1, 0.15) is 23.8 Å². The van der Waals surface area contributed by atoms with E-state index in [0.717, 1.165) is 16.8 Å². The lowest BCUT2D eigenvalue weighted by atomic mass is 10.1. The molecule has 0 fully saturated rings. The number of hydrogen-bond acceptors (Lipinski definition) is 5. The van der Waals surface area contributed by atoms with Gasteiger partial charge >= 0.3 is 0 Å². The third kappa shape index (κ3) is 4.79. The van der Waals surface area contributed by atoms with Crippen molar-refractivity contribution in [3.8, 4) is 22.9 Å². The molecule has 5 aromatic rings. The highest BCUT2D eigenvalue weighted by molar-refractivity contribution is 6.30. The van der Waals surface area contributed by atoms with Gasteiger partial charge in [0, 0.05) is 22.8 Å². The standard InChI is InChI=1S/C28H23ClN2O4/c1-3-20-13-24-26(34-18(2)28(27(24)32)35-23-11-9-21(29)10-12-23)14-25(20)33-17-19-15-30-31(16-19)22-7-5-4-6-8-22/h4-16H,3,17H2,1-2H3. The molecule has 0 atom stereocenters. The van der Waals surface area contributed by atoms with Crippen LogP contribution in [0.4, 0.5) is 0 Å². The van der Waals surface area contributed by atoms with Gasteiger partial charge in [-0.3, -0.25) is 4.79 Å². The summed E-state index contributed by atoms with van der Waals surface area (Å²) in [6, 6.07) is 20.3. The summed E-state index contributed by atoms with van der Waals surface area (Å²) in [5, 5.41) is 5.45. The minimum atomic E-state index is -0.232. The number of rotatable bonds is 7. The largest absolute Gasteiger partial charge is 0.488 e. The van der Waals surface area contributed by atoms with Gasteiger partial charge in [0.2, 0.25) is 11.2 Å². The molecule has 0 N–H and O–H groups in total. The molecule has 0 radical (unpaired) electrons. The van der Waals surface area contributed by atoms with Gasteiger partial charge in [-0.2, -0.15) is 5.10 Å². The average Bonchev–Trinajstić information content (AvgIpc) is 3.36. The van der Waals surface area contributed by atoms with E-state index in [1.807, 2.05) is 54.2 Å². The Morgan fingerprint density at radius 3 is 2.57 bits per heavy atom. The molecule has 0 saturated heterocycles. The fraction of sp³-hybridized carbons (Fsp3) is 0.143. The van der Waals surface area contributed by atoms with Gasteiger partial charge in [-0.1, -0.05) is 36.7 Å². The van der Waals surface area contributed by atoms with Crippen LogP contribution in [0.3, 0.4) is 0 Å². The van der Waals surface area contributed by atoms with E-state index in [4.69, 9.17) is 25.5 Å². The summed E-state index contributed by atoms with van der Waals surface area (Å²) >= 11 is 5.95. The molecule has 0 aliphatic rings. The van der Waals surface area contributed by atoms with Crippen LogP contribution in [0.25, 0.3) is 16.7 Å². The third-order valence-electron chi connectivity index (χ3n) is 5.66. The average molecular weight is 487 g/mol. The van der Waals surface area contributed by atoms with Crippen LogP contribution in [0.2, 0.25) is 5.02 Å². The zero-order valence-electron chi connectivity index (χ0n) is 19.3. The van der Waals surface area contributed by atoms with Gasteiger partial charge in [-0.25, -0.2) is 4.68 Å². The molecular formula is C28H23ClN2O4. The number of aromatic nitrogens is 2. The van der Waals surface area contributed by atoms with Crippen molar-refractivity contribution in [2.24, 2.45) is 0 Å². The summed E-state index contributed by atoms with van der Waals surface area (Å²) in [5.41, 5.74) is 3.03. The first-order valence-corrected chi connectivity index (χ1v) is 11.6. The van der Waals surface area contributed by atoms with E-state index in [1.54, 1.807) is 43.5 Å². The summed E-state index contributed by atoms with van der Waals surface area (Å²) in [5.74, 6) is 1.72. The van der Waals surface area contributed by atoms with Gasteiger partial charge in [-0.15, -0.1) is 0 Å². The summed E-state index contributed by atoms with van der Waals surface area (Å²) in [4.78, 5) is 13.3. The van der Waals surface area contributed by atoms with Crippen LogP contribution in [-0.4, -0.2) is 9.78 Å². The fourth-order valence-corrected chi connectivity index (χ4v) is 3.95. The maximum Gasteiger partial charge on any atom is 0.235 e. The third-order valence-corrected chi connectivity index (χ3v) is 5.91. The highest BCUT2D eigenvalue weighted by atomic mass is 35.5. The lowest BCUT2D eigenvalue weighted by Crippen LogP contribution is -2.08. The van der Waals surface area contributed by atoms with Crippen LogP contribution < -0.4 is 14.9 Å². The van der Waals surface area contributed by atoms with Gasteiger partial charge in [0.05, 0.1) is 17.3 Å². The van der Waals surface area contributed by atoms with E-state index in [0.29, 0.717) is 46.3 Å². The zero-order valence-corrected chi connectivity index (χ0v) is 20.1. The molecule has 2 heterocycles. The fourth-order valence-electron chi connectivity index (χ4n) is 3.83. The molecule has 0 saturated carbocycles. The molecule has 6 nitrogen and oxygen atoms in total. The quantitative estimate of drug-likeness (QED) is 0.251. The normalized spacial score (nSPS) is 11.1. The molecule has 2 aromatic heterocycles. The summed E-state index contributed by atoms with van der Waals surface area (Å²) in [7, 11) is 0. The van der Waals surface area contributed by atoms with E-state index in [9.17, 15) is 4.79 Å². The van der Waals surface area contributed by atoms with Gasteiger partial charge < -0.3 is 13.9 Å². The number of hydrogen-bond donors (Lipinski definition) is 0. The Bertz CT molecular complexity index is 1540. The van der Waals surface area contributed by atoms with Gasteiger partial charge in [-0.05, 0) is 61.4 Å². The number of para-hydroxylation sites is 1. The highest BCUT2D eigenvalue weighted by Gasteiger charge is 2.17. The molecular weight excluding hydrogens is 464 g/mol. The Morgan fingerprint density at radius 2 is 1.83 bits per heavy atom. The number of nitrogens with zero attached hydrogens (tertiary/aromatic N) is 2.